The predicted octanol–water partition coefficient (Wildman–Crippen LogP) is 5.77. The average molecular weight is 387 g/mol. The average Bonchev–Trinajstić information content (AvgIpc) is 2.80. The summed E-state index contributed by atoms with van der Waals surface area (Å²) < 4.78 is 0. The van der Waals surface area contributed by atoms with E-state index in [0.29, 0.717) is 17.1 Å². The van der Waals surface area contributed by atoms with E-state index in [1.54, 1.807) is 24.2 Å². The highest BCUT2D eigenvalue weighted by Crippen LogP contribution is 2.31. The molecule has 0 saturated heterocycles. The number of nitrogens with zero attached hydrogens (tertiary/aromatic N) is 3. The molecule has 0 saturated carbocycles. The Hall–Kier alpha value is -2.56. The summed E-state index contributed by atoms with van der Waals surface area (Å²) in [5, 5.41) is 0. The number of allylic oxidation sites excluding steroid dienone is 5. The first-order valence-electron chi connectivity index (χ1n) is 10.3. The maximum atomic E-state index is 12.9. The Bertz CT molecular complexity index is 732. The van der Waals surface area contributed by atoms with Crippen LogP contribution in [0, 0.1) is 0 Å². The van der Waals surface area contributed by atoms with Crippen molar-refractivity contribution >= 4 is 17.4 Å². The monoisotopic (exact) mass is 386 g/mol. The lowest BCUT2D eigenvalue weighted by molar-refractivity contribution is 0.0841. The molecule has 0 unspecified atom stereocenters. The molecule has 5 heteroatoms. The second-order valence-electron chi connectivity index (χ2n) is 5.94. The first kappa shape index (κ1) is 25.4. The second-order valence-corrected chi connectivity index (χ2v) is 5.94. The number of aromatic nitrogens is 1. The number of likely N-dealkylation sites (N-methyl/N-ethyl adjacent to an activating group) is 1. The molecule has 1 aromatic heterocycles. The van der Waals surface area contributed by atoms with Crippen molar-refractivity contribution in [1.29, 1.82) is 0 Å². The quantitative estimate of drug-likeness (QED) is 0.667. The van der Waals surface area contributed by atoms with Crippen LogP contribution in [-0.4, -0.2) is 29.4 Å². The minimum absolute atomic E-state index is 0.101. The SMILES string of the molecule is CC.CC.CC/C(C)=C/C=C\C1=C(C)N(CC)c2ncc(N)cc2C(=O)N1C. The first-order chi connectivity index (χ1) is 13.4. The van der Waals surface area contributed by atoms with Crippen LogP contribution in [0.25, 0.3) is 0 Å². The van der Waals surface area contributed by atoms with Gasteiger partial charge in [0.25, 0.3) is 5.91 Å². The molecule has 2 heterocycles. The van der Waals surface area contributed by atoms with Crippen molar-refractivity contribution in [3.8, 4) is 0 Å². The van der Waals surface area contributed by atoms with Gasteiger partial charge in [-0.2, -0.15) is 0 Å². The lowest BCUT2D eigenvalue weighted by Crippen LogP contribution is -2.25. The van der Waals surface area contributed by atoms with Gasteiger partial charge in [0.15, 0.2) is 0 Å². The molecule has 2 N–H and O–H groups in total. The standard InChI is InChI=1S/C19H26N4O.2C2H6/c1-6-13(3)9-8-10-17-14(4)23(7-2)18-16(19(24)22(17)5)11-15(20)12-21-18;2*1-2/h8-12H,6-7,20H2,1-5H3;2*1-2H3/b10-8-,13-9+;;. The van der Waals surface area contributed by atoms with Crippen molar-refractivity contribution in [3.63, 3.8) is 0 Å². The van der Waals surface area contributed by atoms with Crippen LogP contribution in [0.3, 0.4) is 0 Å². The number of anilines is 2. The fourth-order valence-electron chi connectivity index (χ4n) is 2.72. The molecular formula is C23H38N4O. The van der Waals surface area contributed by atoms with Crippen molar-refractivity contribution in [2.45, 2.75) is 61.8 Å². The number of rotatable bonds is 4. The Balaban J connectivity index is 0.00000171. The summed E-state index contributed by atoms with van der Waals surface area (Å²) in [7, 11) is 1.79. The molecule has 1 amide bonds. The van der Waals surface area contributed by atoms with E-state index in [2.05, 4.69) is 24.9 Å². The Morgan fingerprint density at radius 2 is 1.82 bits per heavy atom. The van der Waals surface area contributed by atoms with E-state index in [4.69, 9.17) is 5.73 Å². The third-order valence-electron chi connectivity index (χ3n) is 4.32. The molecule has 0 spiro atoms. The summed E-state index contributed by atoms with van der Waals surface area (Å²) in [4.78, 5) is 21.0. The van der Waals surface area contributed by atoms with Gasteiger partial charge < -0.3 is 15.5 Å². The van der Waals surface area contributed by atoms with Gasteiger partial charge in [-0.05, 0) is 39.3 Å². The van der Waals surface area contributed by atoms with E-state index in [1.165, 1.54) is 5.57 Å². The molecule has 156 valence electrons. The summed E-state index contributed by atoms with van der Waals surface area (Å²) in [6.07, 6.45) is 8.64. The van der Waals surface area contributed by atoms with E-state index < -0.39 is 0 Å². The smallest absolute Gasteiger partial charge is 0.261 e. The zero-order chi connectivity index (χ0) is 21.9. The van der Waals surface area contributed by atoms with Gasteiger partial charge in [-0.1, -0.05) is 52.3 Å². The van der Waals surface area contributed by atoms with Crippen LogP contribution in [0.15, 0.2) is 47.5 Å². The number of carbonyl (C=O) groups is 1. The van der Waals surface area contributed by atoms with Crippen molar-refractivity contribution in [2.75, 3.05) is 24.2 Å². The minimum atomic E-state index is -0.101. The van der Waals surface area contributed by atoms with Gasteiger partial charge in [0.1, 0.15) is 5.82 Å². The molecule has 0 radical (unpaired) electrons. The summed E-state index contributed by atoms with van der Waals surface area (Å²) in [6, 6.07) is 1.70. The third-order valence-corrected chi connectivity index (χ3v) is 4.32. The minimum Gasteiger partial charge on any atom is -0.397 e. The van der Waals surface area contributed by atoms with Gasteiger partial charge in [0.2, 0.25) is 0 Å². The molecule has 0 atom stereocenters. The number of hydrogen-bond acceptors (Lipinski definition) is 4. The van der Waals surface area contributed by atoms with Crippen LogP contribution in [0.2, 0.25) is 0 Å². The van der Waals surface area contributed by atoms with Gasteiger partial charge in [-0.15, -0.1) is 0 Å². The number of hydrogen-bond donors (Lipinski definition) is 1. The van der Waals surface area contributed by atoms with E-state index in [1.807, 2.05) is 58.6 Å². The van der Waals surface area contributed by atoms with Crippen LogP contribution < -0.4 is 10.6 Å². The van der Waals surface area contributed by atoms with Crippen molar-refractivity contribution < 1.29 is 4.79 Å². The molecule has 1 aliphatic heterocycles. The molecule has 0 aromatic carbocycles. The zero-order valence-corrected chi connectivity index (χ0v) is 19.1. The predicted molar refractivity (Wildman–Crippen MR) is 122 cm³/mol. The molecule has 1 aromatic rings. The number of nitrogens with two attached hydrogens (primary N) is 1. The normalized spacial score (nSPS) is 14.2. The van der Waals surface area contributed by atoms with Gasteiger partial charge in [-0.3, -0.25) is 4.79 Å². The van der Waals surface area contributed by atoms with Crippen LogP contribution in [0.5, 0.6) is 0 Å². The van der Waals surface area contributed by atoms with Crippen molar-refractivity contribution in [3.05, 3.63) is 53.0 Å². The lowest BCUT2D eigenvalue weighted by atomic mass is 10.2. The summed E-state index contributed by atoms with van der Waals surface area (Å²) in [6.45, 7) is 17.0. The fraction of sp³-hybridized carbons (Fsp3) is 0.478. The molecule has 1 aliphatic rings. The number of amides is 1. The molecule has 0 aliphatic carbocycles. The highest BCUT2D eigenvalue weighted by Gasteiger charge is 2.28. The van der Waals surface area contributed by atoms with Crippen LogP contribution in [0.1, 0.15) is 72.2 Å². The molecule has 0 fully saturated rings. The molecule has 28 heavy (non-hydrogen) atoms. The molecular weight excluding hydrogens is 348 g/mol. The van der Waals surface area contributed by atoms with Crippen LogP contribution in [-0.2, 0) is 0 Å². The largest absolute Gasteiger partial charge is 0.397 e. The summed E-state index contributed by atoms with van der Waals surface area (Å²) in [5.41, 5.74) is 10.00. The van der Waals surface area contributed by atoms with Gasteiger partial charge >= 0.3 is 0 Å². The molecule has 2 rings (SSSR count). The van der Waals surface area contributed by atoms with E-state index in [-0.39, 0.29) is 5.91 Å². The second kappa shape index (κ2) is 12.8. The van der Waals surface area contributed by atoms with Gasteiger partial charge in [0.05, 0.1) is 23.1 Å². The van der Waals surface area contributed by atoms with Gasteiger partial charge in [-0.25, -0.2) is 4.98 Å². The van der Waals surface area contributed by atoms with Gasteiger partial charge in [0, 0.05) is 19.3 Å². The Morgan fingerprint density at radius 3 is 2.36 bits per heavy atom. The highest BCUT2D eigenvalue weighted by atomic mass is 16.2. The topological polar surface area (TPSA) is 62.5 Å². The number of carbonyl (C=O) groups excluding carboxylic acids is 1. The lowest BCUT2D eigenvalue weighted by Gasteiger charge is -2.24. The van der Waals surface area contributed by atoms with E-state index in [0.717, 1.165) is 24.4 Å². The molecule has 5 nitrogen and oxygen atoms in total. The summed E-state index contributed by atoms with van der Waals surface area (Å²) in [5.74, 6) is 0.556. The summed E-state index contributed by atoms with van der Waals surface area (Å²) >= 11 is 0. The van der Waals surface area contributed by atoms with Crippen LogP contribution >= 0.6 is 0 Å². The maximum absolute atomic E-state index is 12.9. The van der Waals surface area contributed by atoms with Crippen molar-refractivity contribution in [1.82, 2.24) is 9.88 Å². The first-order valence-corrected chi connectivity index (χ1v) is 10.3. The highest BCUT2D eigenvalue weighted by molar-refractivity contribution is 6.02. The Kier molecular flexibility index (Phi) is 11.6. The molecule has 0 bridgehead atoms. The van der Waals surface area contributed by atoms with E-state index >= 15 is 0 Å². The number of fused-ring (bicyclic) bond motifs is 1. The Labute approximate surface area is 171 Å². The zero-order valence-electron chi connectivity index (χ0n) is 19.1. The Morgan fingerprint density at radius 1 is 1.21 bits per heavy atom. The number of pyridine rings is 1. The van der Waals surface area contributed by atoms with E-state index in [9.17, 15) is 4.79 Å². The maximum Gasteiger partial charge on any atom is 0.261 e. The fourth-order valence-corrected chi connectivity index (χ4v) is 2.72. The third kappa shape index (κ3) is 5.98. The number of nitrogen functional groups attached to an aromatic ring is 1. The van der Waals surface area contributed by atoms with Crippen molar-refractivity contribution in [2.24, 2.45) is 0 Å². The van der Waals surface area contributed by atoms with Crippen LogP contribution in [0.4, 0.5) is 11.5 Å².